The van der Waals surface area contributed by atoms with Crippen LogP contribution < -0.4 is 0 Å². The Morgan fingerprint density at radius 3 is 2.10 bits per heavy atom. The first-order valence-corrected chi connectivity index (χ1v) is 7.58. The minimum absolute atomic E-state index is 0.756. The highest BCUT2D eigenvalue weighted by atomic mass is 35.5. The molecule has 0 saturated heterocycles. The first-order valence-electron chi connectivity index (χ1n) is 6.79. The highest BCUT2D eigenvalue weighted by Crippen LogP contribution is 2.42. The average Bonchev–Trinajstić information content (AvgIpc) is 2.79. The summed E-state index contributed by atoms with van der Waals surface area (Å²) in [6.45, 7) is 0. The zero-order chi connectivity index (χ0) is 14.4. The highest BCUT2D eigenvalue weighted by Gasteiger charge is 2.26. The molecule has 0 bridgehead atoms. The van der Waals surface area contributed by atoms with Crippen LogP contribution in [0.3, 0.4) is 0 Å². The van der Waals surface area contributed by atoms with Crippen molar-refractivity contribution in [3.05, 3.63) is 83.4 Å². The summed E-state index contributed by atoms with van der Waals surface area (Å²) >= 11 is 12.3. The second-order valence-electron chi connectivity index (χ2n) is 5.09. The van der Waals surface area contributed by atoms with Gasteiger partial charge in [0.05, 0.1) is 9.90 Å². The van der Waals surface area contributed by atoms with Gasteiger partial charge in [-0.2, -0.15) is 0 Å². The summed E-state index contributed by atoms with van der Waals surface area (Å²) in [5, 5.41) is 3.14. The molecule has 2 heteroatoms. The summed E-state index contributed by atoms with van der Waals surface area (Å²) in [6.07, 6.45) is 0. The summed E-state index contributed by atoms with van der Waals surface area (Å²) < 4.78 is 0. The standard InChI is InChI=1S/C19H11ClS/c20-18-15-9-3-4-10-16(15)19(21)17(18)14-11-5-7-12-6-1-2-8-13(12)14/h1-11H. The molecule has 1 aliphatic carbocycles. The molecular weight excluding hydrogens is 296 g/mol. The van der Waals surface area contributed by atoms with Crippen LogP contribution in [0.2, 0.25) is 0 Å². The fourth-order valence-electron chi connectivity index (χ4n) is 2.93. The van der Waals surface area contributed by atoms with Crippen molar-refractivity contribution < 1.29 is 0 Å². The zero-order valence-electron chi connectivity index (χ0n) is 11.1. The lowest BCUT2D eigenvalue weighted by Crippen LogP contribution is -1.97. The Bertz CT molecular complexity index is 916. The highest BCUT2D eigenvalue weighted by molar-refractivity contribution is 7.82. The fourth-order valence-corrected chi connectivity index (χ4v) is 3.73. The predicted octanol–water partition coefficient (Wildman–Crippen LogP) is 5.68. The number of fused-ring (bicyclic) bond motifs is 2. The van der Waals surface area contributed by atoms with E-state index < -0.39 is 0 Å². The Labute approximate surface area is 133 Å². The third kappa shape index (κ3) is 1.85. The van der Waals surface area contributed by atoms with Gasteiger partial charge in [-0.15, -0.1) is 0 Å². The van der Waals surface area contributed by atoms with Crippen molar-refractivity contribution in [1.29, 1.82) is 0 Å². The SMILES string of the molecule is S=C1C(c2cccc3ccccc23)=C(Cl)c2ccccc21. The number of thiocarbonyl (C=S) groups is 1. The largest absolute Gasteiger partial charge is 0.0829 e. The van der Waals surface area contributed by atoms with E-state index in [1.165, 1.54) is 10.8 Å². The van der Waals surface area contributed by atoms with E-state index in [1.807, 2.05) is 36.4 Å². The number of benzene rings is 3. The number of halogens is 1. The first-order chi connectivity index (χ1) is 10.3. The fraction of sp³-hybridized carbons (Fsp3) is 0. The third-order valence-corrected chi connectivity index (χ3v) is 4.73. The topological polar surface area (TPSA) is 0 Å². The van der Waals surface area contributed by atoms with Gasteiger partial charge in [-0.05, 0) is 16.3 Å². The van der Waals surface area contributed by atoms with E-state index in [-0.39, 0.29) is 0 Å². The van der Waals surface area contributed by atoms with Gasteiger partial charge in [0, 0.05) is 16.7 Å². The molecule has 0 nitrogen and oxygen atoms in total. The smallest absolute Gasteiger partial charge is 0.0578 e. The van der Waals surface area contributed by atoms with Crippen LogP contribution in [0.4, 0.5) is 0 Å². The Hall–Kier alpha value is -1.96. The minimum atomic E-state index is 0.756. The Morgan fingerprint density at radius 2 is 1.29 bits per heavy atom. The molecule has 0 saturated carbocycles. The molecule has 0 heterocycles. The molecule has 0 spiro atoms. The van der Waals surface area contributed by atoms with Gasteiger partial charge < -0.3 is 0 Å². The number of allylic oxidation sites excluding steroid dienone is 1. The van der Waals surface area contributed by atoms with Crippen LogP contribution in [0.15, 0.2) is 66.7 Å². The van der Waals surface area contributed by atoms with E-state index >= 15 is 0 Å². The van der Waals surface area contributed by atoms with Gasteiger partial charge in [-0.25, -0.2) is 0 Å². The Kier molecular flexibility index (Phi) is 2.91. The maximum absolute atomic E-state index is 6.63. The lowest BCUT2D eigenvalue weighted by atomic mass is 9.97. The van der Waals surface area contributed by atoms with Gasteiger partial charge in [0.1, 0.15) is 0 Å². The molecule has 3 aromatic carbocycles. The molecule has 0 radical (unpaired) electrons. The van der Waals surface area contributed by atoms with Crippen LogP contribution in [0.25, 0.3) is 21.4 Å². The third-order valence-electron chi connectivity index (χ3n) is 3.91. The summed E-state index contributed by atoms with van der Waals surface area (Å²) in [5.74, 6) is 0. The van der Waals surface area contributed by atoms with Crippen molar-refractivity contribution in [3.63, 3.8) is 0 Å². The summed E-state index contributed by atoms with van der Waals surface area (Å²) in [6, 6.07) is 22.6. The van der Waals surface area contributed by atoms with Crippen molar-refractivity contribution in [2.24, 2.45) is 0 Å². The molecule has 1 aliphatic rings. The van der Waals surface area contributed by atoms with Crippen LogP contribution in [-0.4, -0.2) is 4.86 Å². The lowest BCUT2D eigenvalue weighted by Gasteiger charge is -2.09. The van der Waals surface area contributed by atoms with Crippen LogP contribution in [0, 0.1) is 0 Å². The van der Waals surface area contributed by atoms with Gasteiger partial charge in [0.2, 0.25) is 0 Å². The number of rotatable bonds is 1. The summed E-state index contributed by atoms with van der Waals surface area (Å²) in [5.41, 5.74) is 4.18. The van der Waals surface area contributed by atoms with Crippen LogP contribution in [0.5, 0.6) is 0 Å². The maximum atomic E-state index is 6.63. The summed E-state index contributed by atoms with van der Waals surface area (Å²) in [4.78, 5) is 0.840. The Balaban J connectivity index is 2.03. The molecule has 100 valence electrons. The second kappa shape index (κ2) is 4.80. The van der Waals surface area contributed by atoms with Gasteiger partial charge >= 0.3 is 0 Å². The van der Waals surface area contributed by atoms with E-state index in [4.69, 9.17) is 23.8 Å². The van der Waals surface area contributed by atoms with Gasteiger partial charge in [0.15, 0.2) is 0 Å². The van der Waals surface area contributed by atoms with E-state index in [9.17, 15) is 0 Å². The summed E-state index contributed by atoms with van der Waals surface area (Å²) in [7, 11) is 0. The minimum Gasteiger partial charge on any atom is -0.0829 e. The lowest BCUT2D eigenvalue weighted by molar-refractivity contribution is 1.64. The van der Waals surface area contributed by atoms with Crippen molar-refractivity contribution in [1.82, 2.24) is 0 Å². The van der Waals surface area contributed by atoms with Crippen molar-refractivity contribution in [2.45, 2.75) is 0 Å². The van der Waals surface area contributed by atoms with Crippen LogP contribution >= 0.6 is 23.8 Å². The molecule has 0 aliphatic heterocycles. The molecule has 0 aromatic heterocycles. The molecule has 0 fully saturated rings. The number of hydrogen-bond acceptors (Lipinski definition) is 1. The first kappa shape index (κ1) is 12.8. The van der Waals surface area contributed by atoms with Crippen LogP contribution in [-0.2, 0) is 0 Å². The molecular formula is C19H11ClS. The average molecular weight is 307 g/mol. The van der Waals surface area contributed by atoms with E-state index in [2.05, 4.69) is 30.3 Å². The predicted molar refractivity (Wildman–Crippen MR) is 94.8 cm³/mol. The van der Waals surface area contributed by atoms with Crippen LogP contribution in [0.1, 0.15) is 16.7 Å². The van der Waals surface area contributed by atoms with E-state index in [1.54, 1.807) is 0 Å². The molecule has 3 aromatic rings. The quantitative estimate of drug-likeness (QED) is 0.521. The Morgan fingerprint density at radius 1 is 0.667 bits per heavy atom. The molecule has 0 atom stereocenters. The van der Waals surface area contributed by atoms with Gasteiger partial charge in [0.25, 0.3) is 0 Å². The van der Waals surface area contributed by atoms with Gasteiger partial charge in [-0.1, -0.05) is 90.5 Å². The zero-order valence-corrected chi connectivity index (χ0v) is 12.7. The van der Waals surface area contributed by atoms with Crippen molar-refractivity contribution in [2.75, 3.05) is 0 Å². The second-order valence-corrected chi connectivity index (χ2v) is 5.88. The molecule has 0 N–H and O–H groups in total. The van der Waals surface area contributed by atoms with Crippen molar-refractivity contribution >= 4 is 50.1 Å². The molecule has 0 unspecified atom stereocenters. The number of hydrogen-bond donors (Lipinski definition) is 0. The molecule has 4 rings (SSSR count). The van der Waals surface area contributed by atoms with E-state index in [0.717, 1.165) is 32.2 Å². The normalized spacial score (nSPS) is 13.9. The maximum Gasteiger partial charge on any atom is 0.0578 e. The van der Waals surface area contributed by atoms with E-state index in [0.29, 0.717) is 0 Å². The van der Waals surface area contributed by atoms with Crippen molar-refractivity contribution in [3.8, 4) is 0 Å². The monoisotopic (exact) mass is 306 g/mol. The molecule has 21 heavy (non-hydrogen) atoms. The molecule has 0 amide bonds. The van der Waals surface area contributed by atoms with Gasteiger partial charge in [-0.3, -0.25) is 0 Å².